The smallest absolute Gasteiger partial charge is 0.387 e. The Morgan fingerprint density at radius 1 is 1.06 bits per heavy atom. The zero-order valence-corrected chi connectivity index (χ0v) is 19.6. The second-order valence-electron chi connectivity index (χ2n) is 10.3. The molecular weight excluding hydrogens is 426 g/mol. The van der Waals surface area contributed by atoms with Crippen LogP contribution in [0.1, 0.15) is 70.0 Å². The first-order chi connectivity index (χ1) is 15.9. The van der Waals surface area contributed by atoms with Crippen molar-refractivity contribution in [2.75, 3.05) is 26.3 Å². The SMILES string of the molecule is CC(C)n1nc(-c2cncc(OC(F)F)c2)cc1C1CCC(N2CC3(CCOCC3)C2)CC1. The van der Waals surface area contributed by atoms with Crippen molar-refractivity contribution < 1.29 is 18.3 Å². The van der Waals surface area contributed by atoms with Crippen molar-refractivity contribution >= 4 is 0 Å². The maximum absolute atomic E-state index is 12.6. The first-order valence-corrected chi connectivity index (χ1v) is 12.2. The van der Waals surface area contributed by atoms with Crippen LogP contribution in [-0.2, 0) is 4.74 Å². The van der Waals surface area contributed by atoms with Gasteiger partial charge in [0.2, 0.25) is 0 Å². The summed E-state index contributed by atoms with van der Waals surface area (Å²) >= 11 is 0. The molecule has 4 heterocycles. The summed E-state index contributed by atoms with van der Waals surface area (Å²) in [6, 6.07) is 4.62. The Hall–Kier alpha value is -2.06. The van der Waals surface area contributed by atoms with Gasteiger partial charge in [-0.1, -0.05) is 0 Å². The molecule has 0 bridgehead atoms. The number of likely N-dealkylation sites (tertiary alicyclic amines) is 1. The number of alkyl halides is 2. The van der Waals surface area contributed by atoms with E-state index in [4.69, 9.17) is 9.84 Å². The maximum atomic E-state index is 12.6. The van der Waals surface area contributed by atoms with Gasteiger partial charge in [-0.3, -0.25) is 14.6 Å². The fourth-order valence-electron chi connectivity index (χ4n) is 5.93. The molecule has 1 aliphatic carbocycles. The molecule has 6 nitrogen and oxygen atoms in total. The van der Waals surface area contributed by atoms with Crippen LogP contribution in [0.5, 0.6) is 5.75 Å². The highest BCUT2D eigenvalue weighted by atomic mass is 19.3. The van der Waals surface area contributed by atoms with Crippen molar-refractivity contribution in [3.05, 3.63) is 30.2 Å². The summed E-state index contributed by atoms with van der Waals surface area (Å²) in [4.78, 5) is 6.77. The first kappa shape index (κ1) is 22.7. The number of halogens is 2. The number of nitrogens with zero attached hydrogens (tertiary/aromatic N) is 4. The predicted molar refractivity (Wildman–Crippen MR) is 122 cm³/mol. The molecule has 2 aliphatic heterocycles. The van der Waals surface area contributed by atoms with Crippen molar-refractivity contribution in [3.63, 3.8) is 0 Å². The Morgan fingerprint density at radius 2 is 1.79 bits per heavy atom. The van der Waals surface area contributed by atoms with Crippen molar-refractivity contribution in [1.29, 1.82) is 0 Å². The van der Waals surface area contributed by atoms with Crippen molar-refractivity contribution in [1.82, 2.24) is 19.7 Å². The maximum Gasteiger partial charge on any atom is 0.387 e. The summed E-state index contributed by atoms with van der Waals surface area (Å²) in [5.74, 6) is 0.525. The summed E-state index contributed by atoms with van der Waals surface area (Å²) < 4.78 is 37.4. The highest BCUT2D eigenvalue weighted by Gasteiger charge is 2.46. The molecule has 180 valence electrons. The molecule has 2 aromatic heterocycles. The van der Waals surface area contributed by atoms with Crippen molar-refractivity contribution in [3.8, 4) is 17.0 Å². The third-order valence-corrected chi connectivity index (χ3v) is 7.75. The van der Waals surface area contributed by atoms with Crippen LogP contribution in [-0.4, -0.2) is 58.6 Å². The Kier molecular flexibility index (Phi) is 6.40. The fraction of sp³-hybridized carbons (Fsp3) is 0.680. The molecular formula is C25H34F2N4O2. The number of hydrogen-bond donors (Lipinski definition) is 0. The van der Waals surface area contributed by atoms with E-state index in [1.165, 1.54) is 50.7 Å². The van der Waals surface area contributed by atoms with E-state index in [9.17, 15) is 8.78 Å². The van der Waals surface area contributed by atoms with Crippen LogP contribution in [0, 0.1) is 5.41 Å². The van der Waals surface area contributed by atoms with E-state index >= 15 is 0 Å². The Balaban J connectivity index is 1.26. The standard InChI is InChI=1S/C25H34F2N4O2/c1-17(2)31-23(12-22(29-31)19-11-21(14-28-13-19)33-24(26)27)18-3-5-20(6-4-18)30-15-25(16-30)7-9-32-10-8-25/h11-14,17-18,20,24H,3-10,15-16H2,1-2H3. The van der Waals surface area contributed by atoms with Gasteiger partial charge in [-0.25, -0.2) is 0 Å². The molecule has 0 radical (unpaired) electrons. The first-order valence-electron chi connectivity index (χ1n) is 12.2. The molecule has 1 saturated carbocycles. The molecule has 5 rings (SSSR count). The topological polar surface area (TPSA) is 52.4 Å². The molecule has 0 unspecified atom stereocenters. The van der Waals surface area contributed by atoms with E-state index in [1.807, 2.05) is 0 Å². The third-order valence-electron chi connectivity index (χ3n) is 7.75. The van der Waals surface area contributed by atoms with Gasteiger partial charge in [-0.15, -0.1) is 0 Å². The van der Waals surface area contributed by atoms with Gasteiger partial charge in [0.1, 0.15) is 5.75 Å². The highest BCUT2D eigenvalue weighted by molar-refractivity contribution is 5.60. The van der Waals surface area contributed by atoms with Crippen LogP contribution in [0.15, 0.2) is 24.5 Å². The average Bonchev–Trinajstić information content (AvgIpc) is 3.24. The second-order valence-corrected chi connectivity index (χ2v) is 10.3. The van der Waals surface area contributed by atoms with Gasteiger partial charge in [0.15, 0.2) is 0 Å². The van der Waals surface area contributed by atoms with Gasteiger partial charge in [0, 0.05) is 67.2 Å². The van der Waals surface area contributed by atoms with Crippen LogP contribution in [0.4, 0.5) is 8.78 Å². The van der Waals surface area contributed by atoms with E-state index in [0.29, 0.717) is 22.9 Å². The number of aromatic nitrogens is 3. The van der Waals surface area contributed by atoms with Gasteiger partial charge in [0.25, 0.3) is 0 Å². The number of rotatable bonds is 6. The normalized spacial score (nSPS) is 25.5. The average molecular weight is 461 g/mol. The number of pyridine rings is 1. The molecule has 2 aromatic rings. The molecule has 0 amide bonds. The van der Waals surface area contributed by atoms with Gasteiger partial charge >= 0.3 is 6.61 Å². The quantitative estimate of drug-likeness (QED) is 0.588. The van der Waals surface area contributed by atoms with Crippen LogP contribution in [0.3, 0.4) is 0 Å². The summed E-state index contributed by atoms with van der Waals surface area (Å²) in [5, 5.41) is 4.83. The Labute approximate surface area is 194 Å². The van der Waals surface area contributed by atoms with E-state index in [-0.39, 0.29) is 11.8 Å². The van der Waals surface area contributed by atoms with Crippen LogP contribution in [0.25, 0.3) is 11.3 Å². The second kappa shape index (κ2) is 9.29. The lowest BCUT2D eigenvalue weighted by atomic mass is 9.71. The lowest BCUT2D eigenvalue weighted by Crippen LogP contribution is -2.61. The fourth-order valence-corrected chi connectivity index (χ4v) is 5.93. The summed E-state index contributed by atoms with van der Waals surface area (Å²) in [6.45, 7) is 5.73. The van der Waals surface area contributed by atoms with E-state index in [0.717, 1.165) is 31.7 Å². The largest absolute Gasteiger partial charge is 0.433 e. The van der Waals surface area contributed by atoms with E-state index in [1.54, 1.807) is 12.3 Å². The minimum Gasteiger partial charge on any atom is -0.433 e. The van der Waals surface area contributed by atoms with Crippen molar-refractivity contribution in [2.24, 2.45) is 5.41 Å². The molecule has 8 heteroatoms. The zero-order valence-electron chi connectivity index (χ0n) is 19.6. The molecule has 3 aliphatic rings. The van der Waals surface area contributed by atoms with E-state index in [2.05, 4.69) is 39.2 Å². The molecule has 3 fully saturated rings. The zero-order chi connectivity index (χ0) is 23.0. The van der Waals surface area contributed by atoms with Crippen LogP contribution < -0.4 is 4.74 Å². The lowest BCUT2D eigenvalue weighted by molar-refractivity contribution is -0.102. The number of ether oxygens (including phenoxy) is 2. The molecule has 0 atom stereocenters. The molecule has 0 aromatic carbocycles. The molecule has 1 spiro atoms. The summed E-state index contributed by atoms with van der Waals surface area (Å²) in [7, 11) is 0. The highest BCUT2D eigenvalue weighted by Crippen LogP contribution is 2.45. The number of hydrogen-bond acceptors (Lipinski definition) is 5. The molecule has 0 N–H and O–H groups in total. The molecule has 33 heavy (non-hydrogen) atoms. The van der Waals surface area contributed by atoms with Crippen LogP contribution >= 0.6 is 0 Å². The monoisotopic (exact) mass is 460 g/mol. The van der Waals surface area contributed by atoms with Gasteiger partial charge < -0.3 is 9.47 Å². The lowest BCUT2D eigenvalue weighted by Gasteiger charge is -2.56. The Morgan fingerprint density at radius 3 is 2.45 bits per heavy atom. The van der Waals surface area contributed by atoms with Crippen molar-refractivity contribution in [2.45, 2.75) is 77.0 Å². The summed E-state index contributed by atoms with van der Waals surface area (Å²) in [5.41, 5.74) is 3.22. The van der Waals surface area contributed by atoms with E-state index < -0.39 is 6.61 Å². The minimum absolute atomic E-state index is 0.0560. The molecule has 2 saturated heterocycles. The van der Waals surface area contributed by atoms with Gasteiger partial charge in [-0.2, -0.15) is 13.9 Å². The Bertz CT molecular complexity index is 942. The van der Waals surface area contributed by atoms with Crippen LogP contribution in [0.2, 0.25) is 0 Å². The van der Waals surface area contributed by atoms with Gasteiger partial charge in [-0.05, 0) is 64.5 Å². The third kappa shape index (κ3) is 4.78. The predicted octanol–water partition coefficient (Wildman–Crippen LogP) is 5.27. The minimum atomic E-state index is -2.87. The summed E-state index contributed by atoms with van der Waals surface area (Å²) in [6.07, 6.45) is 10.1. The van der Waals surface area contributed by atoms with Gasteiger partial charge in [0.05, 0.1) is 11.9 Å².